The molecule has 0 unspecified atom stereocenters. The van der Waals surface area contributed by atoms with Crippen LogP contribution in [0, 0.1) is 0 Å². The molecule has 118 valence electrons. The zero-order chi connectivity index (χ0) is 16.3. The number of nitrogens with one attached hydrogen (secondary N) is 2. The van der Waals surface area contributed by atoms with Crippen LogP contribution in [0.1, 0.15) is 33.3 Å². The van der Waals surface area contributed by atoms with Crippen LogP contribution < -0.4 is 11.1 Å². The number of benzene rings is 1. The number of H-pyrrole nitrogens is 1. The number of carbonyl (C=O) groups is 1. The molecule has 2 rings (SSSR count). The number of amides is 1. The standard InChI is InChI=1S/C15H20N4O3/c1-5-19-12-8-10(6-7-11(12)17-13(19)20)9-16-18-14(21)22-15(2,3)4/h6-9H,5H2,1-4H3,(H,17,20)(H,18,21)/b16-9+. The summed E-state index contributed by atoms with van der Waals surface area (Å²) in [4.78, 5) is 26.0. The van der Waals surface area contributed by atoms with E-state index in [2.05, 4.69) is 15.5 Å². The van der Waals surface area contributed by atoms with Crippen molar-refractivity contribution in [3.8, 4) is 0 Å². The molecule has 1 heterocycles. The number of aromatic nitrogens is 2. The van der Waals surface area contributed by atoms with Crippen LogP contribution in [0.25, 0.3) is 11.0 Å². The molecule has 0 aliphatic carbocycles. The van der Waals surface area contributed by atoms with Crippen molar-refractivity contribution < 1.29 is 9.53 Å². The Balaban J connectivity index is 2.13. The second-order valence-electron chi connectivity index (χ2n) is 5.82. The smallest absolute Gasteiger partial charge is 0.428 e. The number of imidazole rings is 1. The van der Waals surface area contributed by atoms with Crippen LogP contribution in [0.15, 0.2) is 28.1 Å². The Morgan fingerprint density at radius 2 is 2.18 bits per heavy atom. The Morgan fingerprint density at radius 3 is 2.82 bits per heavy atom. The average molecular weight is 304 g/mol. The molecular weight excluding hydrogens is 284 g/mol. The van der Waals surface area contributed by atoms with E-state index in [0.717, 1.165) is 16.6 Å². The summed E-state index contributed by atoms with van der Waals surface area (Å²) in [5.74, 6) is 0. The summed E-state index contributed by atoms with van der Waals surface area (Å²) in [7, 11) is 0. The van der Waals surface area contributed by atoms with Crippen molar-refractivity contribution in [1.82, 2.24) is 15.0 Å². The third-order valence-electron chi connectivity index (χ3n) is 2.88. The molecule has 0 fully saturated rings. The molecule has 2 aromatic rings. The highest BCUT2D eigenvalue weighted by molar-refractivity contribution is 5.87. The van der Waals surface area contributed by atoms with E-state index < -0.39 is 11.7 Å². The molecule has 0 saturated carbocycles. The van der Waals surface area contributed by atoms with Gasteiger partial charge in [-0.15, -0.1) is 0 Å². The maximum atomic E-state index is 11.7. The van der Waals surface area contributed by atoms with Crippen molar-refractivity contribution in [3.63, 3.8) is 0 Å². The van der Waals surface area contributed by atoms with Gasteiger partial charge in [0, 0.05) is 6.54 Å². The first kappa shape index (κ1) is 15.8. The predicted molar refractivity (Wildman–Crippen MR) is 85.2 cm³/mol. The molecule has 0 aliphatic rings. The number of carbonyl (C=O) groups excluding carboxylic acids is 1. The first-order valence-electron chi connectivity index (χ1n) is 7.05. The number of hydrogen-bond acceptors (Lipinski definition) is 4. The molecule has 7 heteroatoms. The number of nitrogens with zero attached hydrogens (tertiary/aromatic N) is 2. The number of hydrazone groups is 1. The molecular formula is C15H20N4O3. The Kier molecular flexibility index (Phi) is 4.35. The SMILES string of the molecule is CCn1c(=O)[nH]c2ccc(/C=N/NC(=O)OC(C)(C)C)cc21. The van der Waals surface area contributed by atoms with Gasteiger partial charge in [0.25, 0.3) is 0 Å². The van der Waals surface area contributed by atoms with Crippen LogP contribution in [0.4, 0.5) is 4.79 Å². The van der Waals surface area contributed by atoms with Gasteiger partial charge in [0.15, 0.2) is 0 Å². The molecule has 0 atom stereocenters. The van der Waals surface area contributed by atoms with E-state index in [0.29, 0.717) is 6.54 Å². The molecule has 0 aliphatic heterocycles. The first-order chi connectivity index (χ1) is 10.3. The van der Waals surface area contributed by atoms with Gasteiger partial charge in [-0.1, -0.05) is 6.07 Å². The highest BCUT2D eigenvalue weighted by Crippen LogP contribution is 2.12. The molecule has 7 nitrogen and oxygen atoms in total. The maximum absolute atomic E-state index is 11.7. The number of fused-ring (bicyclic) bond motifs is 1. The van der Waals surface area contributed by atoms with Gasteiger partial charge in [-0.25, -0.2) is 15.0 Å². The molecule has 1 aromatic carbocycles. The zero-order valence-corrected chi connectivity index (χ0v) is 13.1. The van der Waals surface area contributed by atoms with E-state index >= 15 is 0 Å². The Hall–Kier alpha value is -2.57. The number of rotatable bonds is 3. The fourth-order valence-corrected chi connectivity index (χ4v) is 2.02. The van der Waals surface area contributed by atoms with Crippen molar-refractivity contribution in [1.29, 1.82) is 0 Å². The average Bonchev–Trinajstić information content (AvgIpc) is 2.71. The van der Waals surface area contributed by atoms with E-state index in [1.165, 1.54) is 6.21 Å². The largest absolute Gasteiger partial charge is 0.443 e. The second kappa shape index (κ2) is 6.05. The number of hydrogen-bond donors (Lipinski definition) is 2. The summed E-state index contributed by atoms with van der Waals surface area (Å²) in [5.41, 5.74) is 3.93. The van der Waals surface area contributed by atoms with Crippen molar-refractivity contribution in [2.24, 2.45) is 5.10 Å². The normalized spacial score (nSPS) is 12.0. The second-order valence-corrected chi connectivity index (χ2v) is 5.82. The van der Waals surface area contributed by atoms with E-state index in [1.807, 2.05) is 13.0 Å². The number of aryl methyl sites for hydroxylation is 1. The molecule has 22 heavy (non-hydrogen) atoms. The van der Waals surface area contributed by atoms with Gasteiger partial charge in [0.05, 0.1) is 17.2 Å². The lowest BCUT2D eigenvalue weighted by molar-refractivity contribution is 0.0529. The van der Waals surface area contributed by atoms with Gasteiger partial charge < -0.3 is 9.72 Å². The molecule has 1 amide bonds. The third-order valence-corrected chi connectivity index (χ3v) is 2.88. The Bertz CT molecular complexity index is 765. The van der Waals surface area contributed by atoms with Gasteiger partial charge in [0.2, 0.25) is 0 Å². The summed E-state index contributed by atoms with van der Waals surface area (Å²) in [6.45, 7) is 7.81. The molecule has 0 saturated heterocycles. The van der Waals surface area contributed by atoms with Gasteiger partial charge in [-0.2, -0.15) is 5.10 Å². The first-order valence-corrected chi connectivity index (χ1v) is 7.05. The van der Waals surface area contributed by atoms with Gasteiger partial charge in [-0.05, 0) is 45.4 Å². The van der Waals surface area contributed by atoms with Gasteiger partial charge in [-0.3, -0.25) is 4.57 Å². The highest BCUT2D eigenvalue weighted by atomic mass is 16.6. The Morgan fingerprint density at radius 1 is 1.45 bits per heavy atom. The summed E-state index contributed by atoms with van der Waals surface area (Å²) >= 11 is 0. The minimum Gasteiger partial charge on any atom is -0.443 e. The minimum atomic E-state index is -0.614. The van der Waals surface area contributed by atoms with Crippen LogP contribution in [0.3, 0.4) is 0 Å². The van der Waals surface area contributed by atoms with Crippen molar-refractivity contribution >= 4 is 23.3 Å². The summed E-state index contributed by atoms with van der Waals surface area (Å²) in [6, 6.07) is 5.44. The summed E-state index contributed by atoms with van der Waals surface area (Å²) < 4.78 is 6.70. The van der Waals surface area contributed by atoms with Crippen molar-refractivity contribution in [2.75, 3.05) is 0 Å². The van der Waals surface area contributed by atoms with Crippen molar-refractivity contribution in [3.05, 3.63) is 34.2 Å². The van der Waals surface area contributed by atoms with Gasteiger partial charge >= 0.3 is 11.8 Å². The van der Waals surface area contributed by atoms with E-state index in [1.54, 1.807) is 37.5 Å². The summed E-state index contributed by atoms with van der Waals surface area (Å²) in [6.07, 6.45) is 0.887. The number of ether oxygens (including phenoxy) is 1. The van der Waals surface area contributed by atoms with Gasteiger partial charge in [0.1, 0.15) is 5.60 Å². The monoisotopic (exact) mass is 304 g/mol. The summed E-state index contributed by atoms with van der Waals surface area (Å²) in [5, 5.41) is 3.85. The number of aromatic amines is 1. The van der Waals surface area contributed by atoms with Crippen LogP contribution in [0.2, 0.25) is 0 Å². The van der Waals surface area contributed by atoms with E-state index in [9.17, 15) is 9.59 Å². The van der Waals surface area contributed by atoms with Crippen molar-refractivity contribution in [2.45, 2.75) is 39.8 Å². The van der Waals surface area contributed by atoms with Crippen LogP contribution in [0.5, 0.6) is 0 Å². The van der Waals surface area contributed by atoms with Crippen LogP contribution in [-0.2, 0) is 11.3 Å². The van der Waals surface area contributed by atoms with E-state index in [4.69, 9.17) is 4.74 Å². The molecule has 2 N–H and O–H groups in total. The Labute approximate surface area is 128 Å². The molecule has 1 aromatic heterocycles. The fourth-order valence-electron chi connectivity index (χ4n) is 2.02. The topological polar surface area (TPSA) is 88.5 Å². The highest BCUT2D eigenvalue weighted by Gasteiger charge is 2.15. The lowest BCUT2D eigenvalue weighted by Gasteiger charge is -2.18. The quantitative estimate of drug-likeness (QED) is 0.673. The minimum absolute atomic E-state index is 0.140. The van der Waals surface area contributed by atoms with E-state index in [-0.39, 0.29) is 5.69 Å². The molecule has 0 spiro atoms. The lowest BCUT2D eigenvalue weighted by atomic mass is 10.2. The fraction of sp³-hybridized carbons (Fsp3) is 0.400. The third kappa shape index (κ3) is 3.75. The zero-order valence-electron chi connectivity index (χ0n) is 13.1. The molecule has 0 radical (unpaired) electrons. The lowest BCUT2D eigenvalue weighted by Crippen LogP contribution is -2.29. The maximum Gasteiger partial charge on any atom is 0.428 e. The van der Waals surface area contributed by atoms with Crippen LogP contribution >= 0.6 is 0 Å². The van der Waals surface area contributed by atoms with Crippen LogP contribution in [-0.4, -0.2) is 27.5 Å². The molecule has 0 bridgehead atoms. The predicted octanol–water partition coefficient (Wildman–Crippen LogP) is 2.21.